The SMILES string of the molecule is CN=C/C=C(/OS(=O)(=O)c1ccc(C)cc1)C1N=CC=N1. The molecule has 0 aromatic heterocycles. The maximum Gasteiger partial charge on any atom is 0.339 e. The Morgan fingerprint density at radius 2 is 1.86 bits per heavy atom. The fraction of sp³-hybridized carbons (Fsp3) is 0.214. The van der Waals surface area contributed by atoms with Crippen LogP contribution in [0.25, 0.3) is 0 Å². The molecule has 7 heteroatoms. The number of aliphatic imine (C=N–C) groups is 3. The largest absolute Gasteiger partial charge is 0.379 e. The van der Waals surface area contributed by atoms with Crippen molar-refractivity contribution >= 4 is 28.8 Å². The summed E-state index contributed by atoms with van der Waals surface area (Å²) in [5.74, 6) is 0.103. The van der Waals surface area contributed by atoms with Crippen LogP contribution in [-0.4, -0.2) is 40.3 Å². The van der Waals surface area contributed by atoms with Gasteiger partial charge in [0.1, 0.15) is 4.90 Å². The monoisotopic (exact) mass is 305 g/mol. The molecule has 110 valence electrons. The van der Waals surface area contributed by atoms with Gasteiger partial charge < -0.3 is 4.18 Å². The second-order valence-electron chi connectivity index (χ2n) is 4.30. The molecule has 1 aromatic rings. The molecule has 1 aliphatic rings. The molecule has 2 rings (SSSR count). The number of hydrogen-bond acceptors (Lipinski definition) is 6. The summed E-state index contributed by atoms with van der Waals surface area (Å²) in [6.45, 7) is 1.88. The van der Waals surface area contributed by atoms with Crippen LogP contribution in [0.5, 0.6) is 0 Å². The summed E-state index contributed by atoms with van der Waals surface area (Å²) in [6.07, 6.45) is 5.16. The number of hydrogen-bond donors (Lipinski definition) is 0. The topological polar surface area (TPSA) is 80.5 Å². The van der Waals surface area contributed by atoms with Crippen molar-refractivity contribution in [2.24, 2.45) is 15.0 Å². The van der Waals surface area contributed by atoms with Crippen molar-refractivity contribution in [1.29, 1.82) is 0 Å². The Balaban J connectivity index is 2.29. The quantitative estimate of drug-likeness (QED) is 0.472. The van der Waals surface area contributed by atoms with Crippen molar-refractivity contribution in [2.45, 2.75) is 18.0 Å². The molecule has 0 saturated heterocycles. The summed E-state index contributed by atoms with van der Waals surface area (Å²) < 4.78 is 29.7. The zero-order valence-corrected chi connectivity index (χ0v) is 12.5. The fourth-order valence-corrected chi connectivity index (χ4v) is 2.57. The summed E-state index contributed by atoms with van der Waals surface area (Å²) in [5.41, 5.74) is 0.966. The lowest BCUT2D eigenvalue weighted by atomic mass is 10.2. The van der Waals surface area contributed by atoms with E-state index in [1.54, 1.807) is 19.2 Å². The molecule has 1 heterocycles. The highest BCUT2D eigenvalue weighted by atomic mass is 32.2. The summed E-state index contributed by atoms with van der Waals surface area (Å²) in [7, 11) is -2.35. The van der Waals surface area contributed by atoms with Crippen LogP contribution in [-0.2, 0) is 14.3 Å². The molecule has 0 spiro atoms. The van der Waals surface area contributed by atoms with Gasteiger partial charge >= 0.3 is 10.1 Å². The molecule has 0 atom stereocenters. The van der Waals surface area contributed by atoms with Crippen molar-refractivity contribution in [2.75, 3.05) is 7.05 Å². The van der Waals surface area contributed by atoms with Gasteiger partial charge in [-0.3, -0.25) is 15.0 Å². The Labute approximate surface area is 123 Å². The van der Waals surface area contributed by atoms with Gasteiger partial charge in [-0.15, -0.1) is 0 Å². The molecule has 0 N–H and O–H groups in total. The average Bonchev–Trinajstić information content (AvgIpc) is 2.98. The number of aryl methyl sites for hydroxylation is 1. The van der Waals surface area contributed by atoms with Gasteiger partial charge in [-0.05, 0) is 25.1 Å². The summed E-state index contributed by atoms with van der Waals surface area (Å²) >= 11 is 0. The van der Waals surface area contributed by atoms with Gasteiger partial charge in [0.25, 0.3) is 0 Å². The fourth-order valence-electron chi connectivity index (χ4n) is 1.61. The molecule has 0 saturated carbocycles. The number of benzene rings is 1. The first-order valence-corrected chi connectivity index (χ1v) is 7.62. The number of rotatable bonds is 5. The highest BCUT2D eigenvalue weighted by molar-refractivity contribution is 7.86. The Morgan fingerprint density at radius 3 is 2.43 bits per heavy atom. The minimum Gasteiger partial charge on any atom is -0.379 e. The standard InChI is InChI=1S/C14H15N3O3S/c1-11-3-5-12(6-4-11)21(18,19)20-13(7-8-15-2)14-16-9-10-17-14/h3-10,14H,1-2H3/b13-7+,15-8?. The smallest absolute Gasteiger partial charge is 0.339 e. The minimum absolute atomic E-state index is 0.0818. The first-order chi connectivity index (χ1) is 10.0. The van der Waals surface area contributed by atoms with Crippen molar-refractivity contribution in [3.63, 3.8) is 0 Å². The van der Waals surface area contributed by atoms with E-state index in [0.29, 0.717) is 0 Å². The van der Waals surface area contributed by atoms with Crippen molar-refractivity contribution < 1.29 is 12.6 Å². The Hall–Kier alpha value is -2.28. The van der Waals surface area contributed by atoms with E-state index in [9.17, 15) is 8.42 Å². The molecule has 0 aliphatic carbocycles. The maximum atomic E-state index is 12.3. The van der Waals surface area contributed by atoms with Crippen molar-refractivity contribution in [1.82, 2.24) is 0 Å². The lowest BCUT2D eigenvalue weighted by molar-refractivity contribution is 0.380. The third-order valence-electron chi connectivity index (χ3n) is 2.68. The van der Waals surface area contributed by atoms with Crippen LogP contribution in [0.15, 0.2) is 56.0 Å². The van der Waals surface area contributed by atoms with E-state index in [-0.39, 0.29) is 10.7 Å². The zero-order valence-electron chi connectivity index (χ0n) is 11.7. The van der Waals surface area contributed by atoms with Crippen LogP contribution in [0.2, 0.25) is 0 Å². The van der Waals surface area contributed by atoms with Gasteiger partial charge in [-0.1, -0.05) is 17.7 Å². The molecule has 0 radical (unpaired) electrons. The molecule has 0 unspecified atom stereocenters. The van der Waals surface area contributed by atoms with Crippen molar-refractivity contribution in [3.8, 4) is 0 Å². The Morgan fingerprint density at radius 1 is 1.24 bits per heavy atom. The Bertz CT molecular complexity index is 704. The van der Waals surface area contributed by atoms with E-state index in [1.807, 2.05) is 6.92 Å². The van der Waals surface area contributed by atoms with E-state index >= 15 is 0 Å². The number of nitrogens with zero attached hydrogens (tertiary/aromatic N) is 3. The van der Waals surface area contributed by atoms with Crippen LogP contribution in [0, 0.1) is 6.92 Å². The maximum absolute atomic E-state index is 12.3. The molecule has 21 heavy (non-hydrogen) atoms. The minimum atomic E-state index is -3.92. The lowest BCUT2D eigenvalue weighted by Crippen LogP contribution is -2.13. The third kappa shape index (κ3) is 3.85. The molecule has 0 fully saturated rings. The van der Waals surface area contributed by atoms with Crippen molar-refractivity contribution in [3.05, 3.63) is 41.7 Å². The van der Waals surface area contributed by atoms with Gasteiger partial charge in [0.2, 0.25) is 0 Å². The van der Waals surface area contributed by atoms with Crippen LogP contribution >= 0.6 is 0 Å². The second-order valence-corrected chi connectivity index (χ2v) is 5.84. The average molecular weight is 305 g/mol. The second kappa shape index (κ2) is 6.45. The van der Waals surface area contributed by atoms with E-state index < -0.39 is 16.3 Å². The lowest BCUT2D eigenvalue weighted by Gasteiger charge is -2.12. The van der Waals surface area contributed by atoms with E-state index in [4.69, 9.17) is 4.18 Å². The Kier molecular flexibility index (Phi) is 4.64. The van der Waals surface area contributed by atoms with Gasteiger partial charge in [-0.25, -0.2) is 0 Å². The van der Waals surface area contributed by atoms with Gasteiger partial charge in [-0.2, -0.15) is 8.42 Å². The predicted molar refractivity (Wildman–Crippen MR) is 82.7 cm³/mol. The summed E-state index contributed by atoms with van der Waals surface area (Å²) in [6, 6.07) is 6.41. The van der Waals surface area contributed by atoms with Gasteiger partial charge in [0.15, 0.2) is 11.9 Å². The highest BCUT2D eigenvalue weighted by Crippen LogP contribution is 2.20. The first-order valence-electron chi connectivity index (χ1n) is 6.21. The van der Waals surface area contributed by atoms with E-state index in [2.05, 4.69) is 15.0 Å². The first kappa shape index (κ1) is 15.1. The molecule has 0 amide bonds. The molecule has 1 aliphatic heterocycles. The molecular weight excluding hydrogens is 290 g/mol. The summed E-state index contributed by atoms with van der Waals surface area (Å²) in [4.78, 5) is 11.9. The third-order valence-corrected chi connectivity index (χ3v) is 3.94. The van der Waals surface area contributed by atoms with E-state index in [0.717, 1.165) is 5.56 Å². The van der Waals surface area contributed by atoms with Crippen LogP contribution in [0.3, 0.4) is 0 Å². The highest BCUT2D eigenvalue weighted by Gasteiger charge is 2.23. The van der Waals surface area contributed by atoms with Crippen LogP contribution < -0.4 is 0 Å². The molecule has 1 aromatic carbocycles. The number of allylic oxidation sites excluding steroid dienone is 1. The summed E-state index contributed by atoms with van der Waals surface area (Å²) in [5, 5.41) is 0. The van der Waals surface area contributed by atoms with E-state index in [1.165, 1.54) is 36.9 Å². The van der Waals surface area contributed by atoms with Crippen LogP contribution in [0.4, 0.5) is 0 Å². The van der Waals surface area contributed by atoms with Crippen LogP contribution in [0.1, 0.15) is 5.56 Å². The normalized spacial score (nSPS) is 16.0. The molecule has 6 nitrogen and oxygen atoms in total. The van der Waals surface area contributed by atoms with Gasteiger partial charge in [0.05, 0.1) is 0 Å². The predicted octanol–water partition coefficient (Wildman–Crippen LogP) is 1.77. The zero-order chi connectivity index (χ0) is 15.3. The molecular formula is C14H15N3O3S. The van der Waals surface area contributed by atoms with Gasteiger partial charge in [0, 0.05) is 25.7 Å². The molecule has 0 bridgehead atoms.